The second-order valence-corrected chi connectivity index (χ2v) is 5.00. The molecule has 17 heavy (non-hydrogen) atoms. The van der Waals surface area contributed by atoms with E-state index in [1.807, 2.05) is 0 Å². The van der Waals surface area contributed by atoms with Gasteiger partial charge in [-0.15, -0.1) is 0 Å². The van der Waals surface area contributed by atoms with E-state index in [0.29, 0.717) is 16.5 Å². The molecule has 0 radical (unpaired) electrons. The fourth-order valence-electron chi connectivity index (χ4n) is 1.25. The van der Waals surface area contributed by atoms with Gasteiger partial charge in [-0.25, -0.2) is 0 Å². The zero-order valence-electron chi connectivity index (χ0n) is 8.83. The Hall–Kier alpha value is -1.08. The highest BCUT2D eigenvalue weighted by atomic mass is 127. The highest BCUT2D eigenvalue weighted by Gasteiger charge is 2.12. The molecule has 1 heterocycles. The van der Waals surface area contributed by atoms with Crippen LogP contribution < -0.4 is 5.32 Å². The van der Waals surface area contributed by atoms with Gasteiger partial charge in [0.15, 0.2) is 5.69 Å². The van der Waals surface area contributed by atoms with Crippen molar-refractivity contribution < 1.29 is 9.32 Å². The van der Waals surface area contributed by atoms with Crippen LogP contribution in [0.1, 0.15) is 16.2 Å². The Bertz CT molecular complexity index is 568. The molecule has 0 saturated heterocycles. The molecule has 0 aliphatic rings. The van der Waals surface area contributed by atoms with E-state index in [4.69, 9.17) is 16.1 Å². The molecule has 1 N–H and O–H groups in total. The van der Waals surface area contributed by atoms with Crippen LogP contribution in [0.4, 0.5) is 5.69 Å². The first-order valence-corrected chi connectivity index (χ1v) is 6.21. The fraction of sp³-hybridized carbons (Fsp3) is 0.0909. The van der Waals surface area contributed by atoms with E-state index in [1.165, 1.54) is 0 Å². The molecule has 0 spiro atoms. The predicted octanol–water partition coefficient (Wildman–Crippen LogP) is 3.49. The van der Waals surface area contributed by atoms with Gasteiger partial charge in [0.25, 0.3) is 5.91 Å². The summed E-state index contributed by atoms with van der Waals surface area (Å²) in [4.78, 5) is 11.8. The number of nitrogens with one attached hydrogen (secondary N) is 1. The van der Waals surface area contributed by atoms with Crippen LogP contribution in [0, 0.1) is 10.5 Å². The fourth-order valence-corrected chi connectivity index (χ4v) is 2.26. The number of benzene rings is 1. The van der Waals surface area contributed by atoms with Crippen LogP contribution in [0.25, 0.3) is 0 Å². The van der Waals surface area contributed by atoms with Gasteiger partial charge in [0.1, 0.15) is 5.76 Å². The molecule has 0 aliphatic carbocycles. The number of anilines is 1. The topological polar surface area (TPSA) is 55.1 Å². The smallest absolute Gasteiger partial charge is 0.277 e. The number of nitrogens with zero attached hydrogens (tertiary/aromatic N) is 1. The minimum absolute atomic E-state index is 0.258. The van der Waals surface area contributed by atoms with Crippen LogP contribution in [-0.2, 0) is 0 Å². The average Bonchev–Trinajstić information content (AvgIpc) is 2.69. The minimum atomic E-state index is -0.304. The van der Waals surface area contributed by atoms with E-state index in [1.54, 1.807) is 31.2 Å². The van der Waals surface area contributed by atoms with Crippen LogP contribution in [0.15, 0.2) is 28.8 Å². The Balaban J connectivity index is 2.18. The summed E-state index contributed by atoms with van der Waals surface area (Å²) in [5.74, 6) is 0.294. The summed E-state index contributed by atoms with van der Waals surface area (Å²) in [5.41, 5.74) is 0.953. The summed E-state index contributed by atoms with van der Waals surface area (Å²) in [6, 6.07) is 6.81. The summed E-state index contributed by atoms with van der Waals surface area (Å²) in [5, 5.41) is 7.01. The molecule has 0 unspecified atom stereocenters. The molecular weight excluding hydrogens is 354 g/mol. The lowest BCUT2D eigenvalue weighted by Gasteiger charge is -2.05. The number of hydrogen-bond donors (Lipinski definition) is 1. The van der Waals surface area contributed by atoms with E-state index in [2.05, 4.69) is 33.1 Å². The van der Waals surface area contributed by atoms with Crippen molar-refractivity contribution in [2.24, 2.45) is 0 Å². The number of hydrogen-bond acceptors (Lipinski definition) is 3. The van der Waals surface area contributed by atoms with Crippen LogP contribution in [0.5, 0.6) is 0 Å². The monoisotopic (exact) mass is 362 g/mol. The van der Waals surface area contributed by atoms with Gasteiger partial charge in [-0.05, 0) is 47.7 Å². The number of carbonyl (C=O) groups excluding carboxylic acids is 1. The highest BCUT2D eigenvalue weighted by Crippen LogP contribution is 2.22. The maximum Gasteiger partial charge on any atom is 0.277 e. The third-order valence-corrected chi connectivity index (χ3v) is 3.17. The molecule has 0 aliphatic heterocycles. The van der Waals surface area contributed by atoms with Crippen molar-refractivity contribution in [2.45, 2.75) is 6.92 Å². The van der Waals surface area contributed by atoms with Crippen molar-refractivity contribution in [2.75, 3.05) is 5.32 Å². The van der Waals surface area contributed by atoms with Gasteiger partial charge in [-0.3, -0.25) is 4.79 Å². The Kier molecular flexibility index (Phi) is 3.68. The molecule has 2 aromatic rings. The SMILES string of the molecule is Cc1cc(C(=O)Nc2ccc(Cl)cc2I)no1. The lowest BCUT2D eigenvalue weighted by Crippen LogP contribution is -2.13. The van der Waals surface area contributed by atoms with Crippen molar-refractivity contribution in [3.8, 4) is 0 Å². The van der Waals surface area contributed by atoms with E-state index in [9.17, 15) is 4.79 Å². The number of aryl methyl sites for hydroxylation is 1. The maximum absolute atomic E-state index is 11.8. The Morgan fingerprint density at radius 2 is 2.24 bits per heavy atom. The quantitative estimate of drug-likeness (QED) is 0.832. The van der Waals surface area contributed by atoms with Gasteiger partial charge in [0, 0.05) is 14.7 Å². The summed E-state index contributed by atoms with van der Waals surface area (Å²) in [6.07, 6.45) is 0. The van der Waals surface area contributed by atoms with E-state index >= 15 is 0 Å². The molecule has 1 amide bonds. The minimum Gasteiger partial charge on any atom is -0.361 e. The molecule has 0 bridgehead atoms. The first-order chi connectivity index (χ1) is 8.06. The van der Waals surface area contributed by atoms with Gasteiger partial charge in [0.05, 0.1) is 5.69 Å². The van der Waals surface area contributed by atoms with Gasteiger partial charge in [-0.2, -0.15) is 0 Å². The molecule has 6 heteroatoms. The first kappa shape index (κ1) is 12.4. The van der Waals surface area contributed by atoms with Gasteiger partial charge < -0.3 is 9.84 Å². The summed E-state index contributed by atoms with van der Waals surface area (Å²) in [7, 11) is 0. The Morgan fingerprint density at radius 1 is 1.47 bits per heavy atom. The number of halogens is 2. The van der Waals surface area contributed by atoms with E-state index in [0.717, 1.165) is 3.57 Å². The van der Waals surface area contributed by atoms with Crippen molar-refractivity contribution in [3.05, 3.63) is 44.3 Å². The van der Waals surface area contributed by atoms with Crippen LogP contribution in [0.3, 0.4) is 0 Å². The van der Waals surface area contributed by atoms with Gasteiger partial charge in [0.2, 0.25) is 0 Å². The molecule has 88 valence electrons. The summed E-state index contributed by atoms with van der Waals surface area (Å²) >= 11 is 7.93. The predicted molar refractivity (Wildman–Crippen MR) is 73.4 cm³/mol. The van der Waals surface area contributed by atoms with Crippen molar-refractivity contribution in [3.63, 3.8) is 0 Å². The lowest BCUT2D eigenvalue weighted by molar-refractivity contribution is 0.101. The maximum atomic E-state index is 11.8. The van der Waals surface area contributed by atoms with Crippen molar-refractivity contribution in [1.29, 1.82) is 0 Å². The van der Waals surface area contributed by atoms with Gasteiger partial charge in [-0.1, -0.05) is 16.8 Å². The molecule has 1 aromatic carbocycles. The third kappa shape index (κ3) is 2.98. The van der Waals surface area contributed by atoms with Crippen LogP contribution in [-0.4, -0.2) is 11.1 Å². The Morgan fingerprint density at radius 3 is 2.82 bits per heavy atom. The molecular formula is C11H8ClIN2O2. The Labute approximate surface area is 116 Å². The standard InChI is InChI=1S/C11H8ClIN2O2/c1-6-4-10(15-17-6)11(16)14-9-3-2-7(12)5-8(9)13/h2-5H,1H3,(H,14,16). The summed E-state index contributed by atoms with van der Waals surface area (Å²) < 4.78 is 5.70. The molecule has 4 nitrogen and oxygen atoms in total. The zero-order chi connectivity index (χ0) is 12.4. The van der Waals surface area contributed by atoms with E-state index in [-0.39, 0.29) is 11.6 Å². The molecule has 0 fully saturated rings. The molecule has 0 saturated carbocycles. The van der Waals surface area contributed by atoms with Crippen LogP contribution >= 0.6 is 34.2 Å². The van der Waals surface area contributed by atoms with Gasteiger partial charge >= 0.3 is 0 Å². The van der Waals surface area contributed by atoms with E-state index < -0.39 is 0 Å². The number of aromatic nitrogens is 1. The molecule has 0 atom stereocenters. The lowest BCUT2D eigenvalue weighted by atomic mass is 10.3. The second-order valence-electron chi connectivity index (χ2n) is 3.40. The third-order valence-electron chi connectivity index (χ3n) is 2.04. The average molecular weight is 363 g/mol. The molecule has 2 rings (SSSR count). The van der Waals surface area contributed by atoms with Crippen LogP contribution in [0.2, 0.25) is 5.02 Å². The largest absolute Gasteiger partial charge is 0.361 e. The van der Waals surface area contributed by atoms with Crippen molar-refractivity contribution in [1.82, 2.24) is 5.16 Å². The first-order valence-electron chi connectivity index (χ1n) is 4.76. The number of amides is 1. The summed E-state index contributed by atoms with van der Waals surface area (Å²) in [6.45, 7) is 1.73. The highest BCUT2D eigenvalue weighted by molar-refractivity contribution is 14.1. The van der Waals surface area contributed by atoms with Crippen molar-refractivity contribution >= 4 is 45.8 Å². The number of rotatable bonds is 2. The normalized spacial score (nSPS) is 10.3. The second kappa shape index (κ2) is 5.05. The number of carbonyl (C=O) groups is 1. The zero-order valence-corrected chi connectivity index (χ0v) is 11.7. The molecule has 1 aromatic heterocycles.